The van der Waals surface area contributed by atoms with Crippen LogP contribution in [0.1, 0.15) is 84.0 Å². The van der Waals surface area contributed by atoms with Crippen LogP contribution in [0.15, 0.2) is 0 Å². The minimum atomic E-state index is -1.01. The fourth-order valence-corrected chi connectivity index (χ4v) is 3.59. The lowest BCUT2D eigenvalue weighted by atomic mass is 9.98. The lowest BCUT2D eigenvalue weighted by Crippen LogP contribution is -2.44. The molecule has 0 spiro atoms. The summed E-state index contributed by atoms with van der Waals surface area (Å²) in [6.45, 7) is 2.01. The van der Waals surface area contributed by atoms with Gasteiger partial charge in [-0.15, -0.1) is 12.4 Å². The molecule has 1 aliphatic heterocycles. The summed E-state index contributed by atoms with van der Waals surface area (Å²) in [5.41, 5.74) is 0. The van der Waals surface area contributed by atoms with Crippen molar-refractivity contribution >= 4 is 12.4 Å². The Hall–Kier alpha value is 0.0900. The molecule has 0 radical (unpaired) electrons. The summed E-state index contributed by atoms with van der Waals surface area (Å²) in [7, 11) is 0. The van der Waals surface area contributed by atoms with Crippen LogP contribution in [0.25, 0.3) is 0 Å². The molecular formula is C19H40ClNO4. The van der Waals surface area contributed by atoms with Gasteiger partial charge in [-0.25, -0.2) is 0 Å². The standard InChI is InChI=1S/C19H39NO4.ClH/c1-2-3-4-5-6-7-8-9-10-11-12-13-16(22)17-19(24)18(23)15(14-21)20-17;/h15-24H,2-14H2,1H3;1H/t15-,16+,17-,18-,19-;/m1./s1. The van der Waals surface area contributed by atoms with Crippen LogP contribution >= 0.6 is 12.4 Å². The first-order valence-corrected chi connectivity index (χ1v) is 10.0. The number of aliphatic hydroxyl groups is 4. The van der Waals surface area contributed by atoms with Crippen LogP contribution in [0.5, 0.6) is 0 Å². The van der Waals surface area contributed by atoms with Crippen LogP contribution in [0.3, 0.4) is 0 Å². The molecule has 25 heavy (non-hydrogen) atoms. The molecule has 0 bridgehead atoms. The molecular weight excluding hydrogens is 342 g/mol. The molecule has 5 N–H and O–H groups in total. The normalized spacial score (nSPS) is 27.2. The molecule has 0 saturated carbocycles. The van der Waals surface area contributed by atoms with Crippen LogP contribution in [-0.2, 0) is 0 Å². The largest absolute Gasteiger partial charge is 0.395 e. The van der Waals surface area contributed by atoms with E-state index in [-0.39, 0.29) is 19.0 Å². The molecule has 1 saturated heterocycles. The Bertz CT molecular complexity index is 309. The first kappa shape index (κ1) is 25.1. The molecule has 5 atom stereocenters. The molecule has 0 aromatic carbocycles. The van der Waals surface area contributed by atoms with Crippen molar-refractivity contribution in [2.45, 2.75) is 114 Å². The third-order valence-electron chi connectivity index (χ3n) is 5.25. The van der Waals surface area contributed by atoms with Crippen molar-refractivity contribution in [2.24, 2.45) is 0 Å². The van der Waals surface area contributed by atoms with Crippen molar-refractivity contribution in [1.29, 1.82) is 0 Å². The highest BCUT2D eigenvalue weighted by Gasteiger charge is 2.43. The van der Waals surface area contributed by atoms with Crippen molar-refractivity contribution in [1.82, 2.24) is 5.32 Å². The van der Waals surface area contributed by atoms with Crippen LogP contribution in [0.2, 0.25) is 0 Å². The lowest BCUT2D eigenvalue weighted by Gasteiger charge is -2.22. The van der Waals surface area contributed by atoms with E-state index in [1.165, 1.54) is 57.8 Å². The van der Waals surface area contributed by atoms with E-state index in [1.54, 1.807) is 0 Å². The van der Waals surface area contributed by atoms with E-state index in [9.17, 15) is 15.3 Å². The first-order valence-electron chi connectivity index (χ1n) is 10.0. The summed E-state index contributed by atoms with van der Waals surface area (Å²) >= 11 is 0. The molecule has 6 heteroatoms. The highest BCUT2D eigenvalue weighted by atomic mass is 35.5. The van der Waals surface area contributed by atoms with E-state index in [2.05, 4.69) is 12.2 Å². The van der Waals surface area contributed by atoms with E-state index < -0.39 is 30.4 Å². The van der Waals surface area contributed by atoms with Gasteiger partial charge in [-0.05, 0) is 6.42 Å². The van der Waals surface area contributed by atoms with Crippen molar-refractivity contribution in [2.75, 3.05) is 6.61 Å². The van der Waals surface area contributed by atoms with Gasteiger partial charge in [0.25, 0.3) is 0 Å². The smallest absolute Gasteiger partial charge is 0.0993 e. The third-order valence-corrected chi connectivity index (χ3v) is 5.25. The van der Waals surface area contributed by atoms with Crippen molar-refractivity contribution in [3.63, 3.8) is 0 Å². The summed E-state index contributed by atoms with van der Waals surface area (Å²) in [4.78, 5) is 0. The molecule has 1 heterocycles. The highest BCUT2D eigenvalue weighted by Crippen LogP contribution is 2.20. The summed E-state index contributed by atoms with van der Waals surface area (Å²) < 4.78 is 0. The second-order valence-electron chi connectivity index (χ2n) is 7.35. The van der Waals surface area contributed by atoms with E-state index in [4.69, 9.17) is 5.11 Å². The Morgan fingerprint density at radius 1 is 0.800 bits per heavy atom. The predicted octanol–water partition coefficient (Wildman–Crippen LogP) is 2.52. The fraction of sp³-hybridized carbons (Fsp3) is 1.00. The average Bonchev–Trinajstić information content (AvgIpc) is 2.87. The average molecular weight is 382 g/mol. The molecule has 152 valence electrons. The van der Waals surface area contributed by atoms with Gasteiger partial charge in [0.1, 0.15) is 0 Å². The summed E-state index contributed by atoms with van der Waals surface area (Å²) in [5, 5.41) is 41.9. The van der Waals surface area contributed by atoms with E-state index >= 15 is 0 Å². The van der Waals surface area contributed by atoms with E-state index in [0.29, 0.717) is 6.42 Å². The first-order chi connectivity index (χ1) is 11.6. The molecule has 1 aliphatic rings. The second-order valence-corrected chi connectivity index (χ2v) is 7.35. The van der Waals surface area contributed by atoms with Gasteiger partial charge < -0.3 is 25.7 Å². The van der Waals surface area contributed by atoms with Crippen LogP contribution in [0, 0.1) is 0 Å². The Kier molecular flexibility index (Phi) is 15.2. The molecule has 1 fully saturated rings. The number of hydrogen-bond acceptors (Lipinski definition) is 5. The maximum absolute atomic E-state index is 10.2. The topological polar surface area (TPSA) is 93.0 Å². The minimum Gasteiger partial charge on any atom is -0.395 e. The SMILES string of the molecule is CCCCCCCCCCCCC[C@H](O)[C@H]1N[C@H](CO)[C@@H](O)[C@@H]1O.Cl. The maximum atomic E-state index is 10.2. The summed E-state index contributed by atoms with van der Waals surface area (Å²) in [5.74, 6) is 0. The number of nitrogens with one attached hydrogen (secondary N) is 1. The predicted molar refractivity (Wildman–Crippen MR) is 104 cm³/mol. The van der Waals surface area contributed by atoms with Gasteiger partial charge >= 0.3 is 0 Å². The molecule has 0 unspecified atom stereocenters. The zero-order valence-corrected chi connectivity index (χ0v) is 16.6. The molecule has 1 rings (SSSR count). The molecule has 0 aromatic rings. The van der Waals surface area contributed by atoms with Gasteiger partial charge in [-0.2, -0.15) is 0 Å². The van der Waals surface area contributed by atoms with Gasteiger partial charge in [0.15, 0.2) is 0 Å². The monoisotopic (exact) mass is 381 g/mol. The number of unbranched alkanes of at least 4 members (excludes halogenated alkanes) is 10. The molecule has 0 amide bonds. The van der Waals surface area contributed by atoms with Crippen LogP contribution < -0.4 is 5.32 Å². The zero-order chi connectivity index (χ0) is 17.8. The van der Waals surface area contributed by atoms with Gasteiger partial charge in [-0.3, -0.25) is 0 Å². The van der Waals surface area contributed by atoms with Gasteiger partial charge in [0.05, 0.1) is 37.0 Å². The van der Waals surface area contributed by atoms with Crippen molar-refractivity contribution in [3.8, 4) is 0 Å². The van der Waals surface area contributed by atoms with Gasteiger partial charge in [0, 0.05) is 0 Å². The molecule has 0 aliphatic carbocycles. The summed E-state index contributed by atoms with van der Waals surface area (Å²) in [6.07, 6.45) is 11.8. The van der Waals surface area contributed by atoms with Crippen LogP contribution in [-0.4, -0.2) is 57.4 Å². The second kappa shape index (κ2) is 15.2. The third kappa shape index (κ3) is 9.55. The van der Waals surface area contributed by atoms with Crippen molar-refractivity contribution in [3.05, 3.63) is 0 Å². The number of hydrogen-bond donors (Lipinski definition) is 5. The maximum Gasteiger partial charge on any atom is 0.0993 e. The summed E-state index contributed by atoms with van der Waals surface area (Å²) in [6, 6.07) is -1.09. The Morgan fingerprint density at radius 2 is 1.28 bits per heavy atom. The van der Waals surface area contributed by atoms with Crippen LogP contribution in [0.4, 0.5) is 0 Å². The Balaban J connectivity index is 0.00000576. The Labute approximate surface area is 159 Å². The van der Waals surface area contributed by atoms with Crippen molar-refractivity contribution < 1.29 is 20.4 Å². The number of aliphatic hydroxyl groups excluding tert-OH is 4. The molecule has 5 nitrogen and oxygen atoms in total. The number of halogens is 1. The molecule has 0 aromatic heterocycles. The van der Waals surface area contributed by atoms with Gasteiger partial charge in [-0.1, -0.05) is 77.6 Å². The number of rotatable bonds is 14. The van der Waals surface area contributed by atoms with E-state index in [0.717, 1.165) is 12.8 Å². The van der Waals surface area contributed by atoms with Gasteiger partial charge in [0.2, 0.25) is 0 Å². The highest BCUT2D eigenvalue weighted by molar-refractivity contribution is 5.85. The minimum absolute atomic E-state index is 0. The lowest BCUT2D eigenvalue weighted by molar-refractivity contribution is -0.00443. The zero-order valence-electron chi connectivity index (χ0n) is 15.8. The van der Waals surface area contributed by atoms with E-state index in [1.807, 2.05) is 0 Å². The fourth-order valence-electron chi connectivity index (χ4n) is 3.59. The quantitative estimate of drug-likeness (QED) is 0.298. The Morgan fingerprint density at radius 3 is 1.72 bits per heavy atom.